The van der Waals surface area contributed by atoms with Crippen molar-refractivity contribution in [1.82, 2.24) is 16.0 Å². The average molecular weight is 804 g/mol. The zero-order valence-electron chi connectivity index (χ0n) is 32.8. The molecule has 0 aromatic heterocycles. The fraction of sp³-hybridized carbons (Fsp3) is 0.651. The van der Waals surface area contributed by atoms with Crippen LogP contribution in [0.15, 0.2) is 60.7 Å². The normalized spacial score (nSPS) is 11.7. The molecule has 3 N–H and O–H groups in total. The highest BCUT2D eigenvalue weighted by molar-refractivity contribution is 7.80. The predicted octanol–water partition coefficient (Wildman–Crippen LogP) is 7.03. The number of thiocarbonyl (C=S) groups is 1. The van der Waals surface area contributed by atoms with Gasteiger partial charge in [-0.3, -0.25) is 4.79 Å². The van der Waals surface area contributed by atoms with Gasteiger partial charge in [-0.2, -0.15) is 0 Å². The molecule has 0 saturated carbocycles. The maximum Gasteiger partial charge on any atom is 0.408 e. The van der Waals surface area contributed by atoms with Crippen molar-refractivity contribution in [2.45, 2.75) is 149 Å². The highest BCUT2D eigenvalue weighted by Gasteiger charge is 2.24. The van der Waals surface area contributed by atoms with Gasteiger partial charge in [0.15, 0.2) is 0 Å². The first kappa shape index (κ1) is 47.5. The van der Waals surface area contributed by atoms with Gasteiger partial charge >= 0.3 is 6.09 Å². The molecule has 9 heteroatoms. The van der Waals surface area contributed by atoms with Gasteiger partial charge in [0.25, 0.3) is 0 Å². The van der Waals surface area contributed by atoms with Crippen molar-refractivity contribution in [1.29, 1.82) is 0 Å². The third-order valence-electron chi connectivity index (χ3n) is 10.1. The van der Waals surface area contributed by atoms with Gasteiger partial charge in [-0.1, -0.05) is 144 Å². The zero-order chi connectivity index (χ0) is 36.8. The first-order valence-electron chi connectivity index (χ1n) is 20.3. The van der Waals surface area contributed by atoms with Crippen LogP contribution in [0.2, 0.25) is 0 Å². The summed E-state index contributed by atoms with van der Waals surface area (Å²) in [5, 5.41) is 9.34. The van der Waals surface area contributed by atoms with E-state index in [0.717, 1.165) is 86.3 Å². The molecular weight excluding hydrogens is 732 g/mol. The van der Waals surface area contributed by atoms with E-state index in [0.29, 0.717) is 13.0 Å². The van der Waals surface area contributed by atoms with Crippen molar-refractivity contribution >= 4 is 29.2 Å². The monoisotopic (exact) mass is 802 g/mol. The van der Waals surface area contributed by atoms with Gasteiger partial charge in [0.2, 0.25) is 5.91 Å². The van der Waals surface area contributed by atoms with Crippen LogP contribution in [-0.4, -0.2) is 60.2 Å². The van der Waals surface area contributed by atoms with Gasteiger partial charge in [-0.05, 0) is 64.4 Å². The smallest absolute Gasteiger partial charge is 0.408 e. The van der Waals surface area contributed by atoms with Crippen molar-refractivity contribution in [3.63, 3.8) is 0 Å². The summed E-state index contributed by atoms with van der Waals surface area (Å²) in [6.07, 6.45) is 19.1. The molecule has 0 radical (unpaired) electrons. The number of nitrogens with one attached hydrogen (secondary N) is 3. The first-order valence-corrected chi connectivity index (χ1v) is 20.7. The van der Waals surface area contributed by atoms with Crippen LogP contribution in [0, 0.1) is 0 Å². The maximum absolute atomic E-state index is 13.3. The number of quaternary nitrogens is 1. The van der Waals surface area contributed by atoms with Gasteiger partial charge in [0.1, 0.15) is 19.2 Å². The van der Waals surface area contributed by atoms with Crippen molar-refractivity contribution in [2.75, 3.05) is 32.7 Å². The summed E-state index contributed by atoms with van der Waals surface area (Å²) in [6, 6.07) is 19.6. The van der Waals surface area contributed by atoms with Crippen molar-refractivity contribution in [2.24, 2.45) is 0 Å². The molecule has 1 atom stereocenters. The number of ether oxygens (including phenoxy) is 1. The van der Waals surface area contributed by atoms with Gasteiger partial charge in [0.05, 0.1) is 24.6 Å². The lowest BCUT2D eigenvalue weighted by atomic mass is 10.1. The molecule has 2 aromatic rings. The summed E-state index contributed by atoms with van der Waals surface area (Å²) >= 11 is 5.58. The molecule has 0 heterocycles. The van der Waals surface area contributed by atoms with Gasteiger partial charge in [-0.25, -0.2) is 4.79 Å². The number of hydrogen-bond donors (Lipinski definition) is 3. The quantitative estimate of drug-likeness (QED) is 0.0450. The van der Waals surface area contributed by atoms with Crippen molar-refractivity contribution in [3.8, 4) is 0 Å². The average Bonchev–Trinajstić information content (AvgIpc) is 3.15. The zero-order valence-corrected chi connectivity index (χ0v) is 35.2. The molecule has 52 heavy (non-hydrogen) atoms. The molecule has 2 amide bonds. The molecule has 0 aliphatic carbocycles. The molecule has 0 aliphatic heterocycles. The molecule has 0 spiro atoms. The van der Waals surface area contributed by atoms with Gasteiger partial charge < -0.3 is 42.2 Å². The van der Waals surface area contributed by atoms with Gasteiger partial charge in [0, 0.05) is 18.7 Å². The number of amides is 2. The number of nitrogens with zero attached hydrogens (tertiary/aromatic N) is 1. The fourth-order valence-electron chi connectivity index (χ4n) is 6.64. The Morgan fingerprint density at radius 1 is 0.673 bits per heavy atom. The standard InChI is InChI=1S/C43H70N4O3S.BrH/c1-4-7-8-9-10-11-12-13-14-15-22-32-41(51)44-33-24-23-31-40(46-43(49)50-37-39-29-20-17-21-30-39)42(48)45-34-25-26-35-47(5-2,6-3)36-38-27-18-16-19-28-38;/h16-21,27-30,40H,4-15,22-26,31-37H2,1-3H3,(H2-,44,45,46,48,49,51);1H/t40-;/m0./s1. The molecule has 294 valence electrons. The van der Waals surface area contributed by atoms with E-state index in [4.69, 9.17) is 17.0 Å². The number of benzene rings is 2. The molecule has 2 aromatic carbocycles. The second-order valence-corrected chi connectivity index (χ2v) is 14.7. The summed E-state index contributed by atoms with van der Waals surface area (Å²) < 4.78 is 6.49. The van der Waals surface area contributed by atoms with Crippen molar-refractivity contribution in [3.05, 3.63) is 71.8 Å². The molecule has 2 rings (SSSR count). The number of unbranched alkanes of at least 4 members (excludes halogenated alkanes) is 12. The van der Waals surface area contributed by atoms with Crippen LogP contribution in [0.3, 0.4) is 0 Å². The Balaban J connectivity index is 0.0000135. The van der Waals surface area contributed by atoms with Crippen LogP contribution in [0.25, 0.3) is 0 Å². The number of rotatable bonds is 30. The van der Waals surface area contributed by atoms with E-state index < -0.39 is 12.1 Å². The van der Waals surface area contributed by atoms with E-state index >= 15 is 0 Å². The summed E-state index contributed by atoms with van der Waals surface area (Å²) in [4.78, 5) is 26.9. The molecule has 0 aliphatic rings. The van der Waals surface area contributed by atoms with E-state index in [-0.39, 0.29) is 29.5 Å². The van der Waals surface area contributed by atoms with Crippen LogP contribution in [0.4, 0.5) is 4.79 Å². The van der Waals surface area contributed by atoms with E-state index in [9.17, 15) is 9.59 Å². The van der Waals surface area contributed by atoms with Crippen LogP contribution < -0.4 is 32.9 Å². The Labute approximate surface area is 333 Å². The third-order valence-corrected chi connectivity index (χ3v) is 10.5. The van der Waals surface area contributed by atoms with E-state index in [1.165, 1.54) is 69.8 Å². The maximum atomic E-state index is 13.3. The Morgan fingerprint density at radius 2 is 1.21 bits per heavy atom. The molecular formula is C43H71BrN4O3S. The minimum absolute atomic E-state index is 0. The number of carbonyl (C=O) groups excluding carboxylic acids is 2. The summed E-state index contributed by atoms with van der Waals surface area (Å²) in [7, 11) is 0. The van der Waals surface area contributed by atoms with Crippen molar-refractivity contribution < 1.29 is 35.8 Å². The minimum atomic E-state index is -0.643. The first-order chi connectivity index (χ1) is 24.9. The minimum Gasteiger partial charge on any atom is -1.00 e. The van der Waals surface area contributed by atoms with Gasteiger partial charge in [-0.15, -0.1) is 0 Å². The van der Waals surface area contributed by atoms with E-state index in [1.807, 2.05) is 30.3 Å². The Morgan fingerprint density at radius 3 is 1.81 bits per heavy atom. The second kappa shape index (κ2) is 30.9. The molecule has 0 unspecified atom stereocenters. The third kappa shape index (κ3) is 22.5. The lowest BCUT2D eigenvalue weighted by Crippen LogP contribution is -3.00. The molecule has 0 saturated heterocycles. The Kier molecular flexibility index (Phi) is 28.3. The summed E-state index contributed by atoms with van der Waals surface area (Å²) in [5.41, 5.74) is 2.27. The number of halogens is 1. The van der Waals surface area contributed by atoms with Crippen LogP contribution in [-0.2, 0) is 22.7 Å². The highest BCUT2D eigenvalue weighted by Crippen LogP contribution is 2.16. The SMILES string of the molecule is CCCCCCCCCCCCCC(=S)NCCCC[C@H](NC(=O)OCc1ccccc1)C(=O)NCCCC[N+](CC)(CC)Cc1ccccc1.[Br-]. The highest BCUT2D eigenvalue weighted by atomic mass is 79.9. The van der Waals surface area contributed by atoms with Crippen LogP contribution >= 0.6 is 12.2 Å². The number of hydrogen-bond acceptors (Lipinski definition) is 4. The molecule has 0 bridgehead atoms. The lowest BCUT2D eigenvalue weighted by Gasteiger charge is -2.37. The van der Waals surface area contributed by atoms with Crippen LogP contribution in [0.1, 0.15) is 141 Å². The fourth-order valence-corrected chi connectivity index (χ4v) is 6.88. The topological polar surface area (TPSA) is 79.5 Å². The summed E-state index contributed by atoms with van der Waals surface area (Å²) in [5.74, 6) is -0.150. The summed E-state index contributed by atoms with van der Waals surface area (Å²) in [6.45, 7) is 12.6. The molecule has 0 fully saturated rings. The van der Waals surface area contributed by atoms with Crippen LogP contribution in [0.5, 0.6) is 0 Å². The van der Waals surface area contributed by atoms with E-state index in [1.54, 1.807) is 0 Å². The lowest BCUT2D eigenvalue weighted by molar-refractivity contribution is -0.938. The molecule has 7 nitrogen and oxygen atoms in total. The largest absolute Gasteiger partial charge is 1.00 e. The van der Waals surface area contributed by atoms with E-state index in [2.05, 4.69) is 67.1 Å². The number of carbonyl (C=O) groups is 2. The Hall–Kier alpha value is -2.49. The second-order valence-electron chi connectivity index (χ2n) is 14.2. The number of alkyl carbamates (subject to hydrolysis) is 1. The Bertz CT molecular complexity index is 1180. The predicted molar refractivity (Wildman–Crippen MR) is 218 cm³/mol.